The Morgan fingerprint density at radius 3 is 2.87 bits per heavy atom. The van der Waals surface area contributed by atoms with Crippen molar-refractivity contribution in [3.05, 3.63) is 69.9 Å². The van der Waals surface area contributed by atoms with Crippen molar-refractivity contribution in [3.63, 3.8) is 0 Å². The normalized spacial score (nSPS) is 11.8. The number of hydrogen-bond donors (Lipinski definition) is 0. The van der Waals surface area contributed by atoms with E-state index in [1.807, 2.05) is 57.6 Å². The van der Waals surface area contributed by atoms with Gasteiger partial charge in [-0.1, -0.05) is 35.5 Å². The topological polar surface area (TPSA) is 78.7 Å². The molecule has 8 nitrogen and oxygen atoms in total. The number of fused-ring (bicyclic) bond motifs is 4. The maximum atomic E-state index is 13.1. The number of aryl methyl sites for hydroxylation is 1. The lowest BCUT2D eigenvalue weighted by Crippen LogP contribution is -2.24. The smallest absolute Gasteiger partial charge is 0.262 e. The maximum absolute atomic E-state index is 13.1. The second-order valence-corrected chi connectivity index (χ2v) is 8.45. The van der Waals surface area contributed by atoms with E-state index in [1.165, 1.54) is 11.8 Å². The molecule has 5 aromatic rings. The van der Waals surface area contributed by atoms with Crippen LogP contribution in [0.5, 0.6) is 0 Å². The summed E-state index contributed by atoms with van der Waals surface area (Å²) in [5.74, 6) is 1.14. The van der Waals surface area contributed by atoms with Crippen molar-refractivity contribution in [2.45, 2.75) is 23.9 Å². The molecule has 0 amide bonds. The summed E-state index contributed by atoms with van der Waals surface area (Å²) in [7, 11) is 1.65. The Bertz CT molecular complexity index is 1460. The molecule has 0 aliphatic rings. The van der Waals surface area contributed by atoms with Crippen molar-refractivity contribution in [1.29, 1.82) is 0 Å². The van der Waals surface area contributed by atoms with Crippen molar-refractivity contribution in [3.8, 4) is 0 Å². The lowest BCUT2D eigenvalue weighted by Gasteiger charge is -2.11. The fraction of sp³-hybridized carbons (Fsp3) is 0.238. The zero-order valence-electron chi connectivity index (χ0n) is 16.7. The molecule has 0 aliphatic carbocycles. The van der Waals surface area contributed by atoms with Gasteiger partial charge in [-0.2, -0.15) is 0 Å². The van der Waals surface area contributed by atoms with Crippen molar-refractivity contribution in [1.82, 2.24) is 28.5 Å². The van der Waals surface area contributed by atoms with E-state index >= 15 is 0 Å². The van der Waals surface area contributed by atoms with Crippen LogP contribution in [0.15, 0.2) is 58.7 Å². The Hall–Kier alpha value is -2.88. The third kappa shape index (κ3) is 3.69. The van der Waals surface area contributed by atoms with Crippen LogP contribution in [-0.4, -0.2) is 42.3 Å². The SMILES string of the molecule is COCCCn1c(=O)c2ccccc2n2c(SCc3cn4cc(Cl)ccc4n3)nnc12. The zero-order valence-corrected chi connectivity index (χ0v) is 18.3. The van der Waals surface area contributed by atoms with Crippen LogP contribution in [0.4, 0.5) is 0 Å². The maximum Gasteiger partial charge on any atom is 0.262 e. The summed E-state index contributed by atoms with van der Waals surface area (Å²) in [6, 6.07) is 11.2. The number of halogens is 1. The van der Waals surface area contributed by atoms with Crippen LogP contribution in [0.3, 0.4) is 0 Å². The minimum Gasteiger partial charge on any atom is -0.385 e. The van der Waals surface area contributed by atoms with E-state index in [9.17, 15) is 4.79 Å². The third-order valence-corrected chi connectivity index (χ3v) is 6.21. The van der Waals surface area contributed by atoms with Crippen LogP contribution in [0.25, 0.3) is 22.3 Å². The van der Waals surface area contributed by atoms with E-state index in [1.54, 1.807) is 11.7 Å². The number of benzene rings is 1. The number of ether oxygens (including phenoxy) is 1. The Kier molecular flexibility index (Phi) is 5.39. The molecule has 10 heteroatoms. The van der Waals surface area contributed by atoms with E-state index in [0.717, 1.165) is 16.9 Å². The molecule has 0 aliphatic heterocycles. The van der Waals surface area contributed by atoms with Gasteiger partial charge in [0.15, 0.2) is 5.16 Å². The Morgan fingerprint density at radius 1 is 1.13 bits per heavy atom. The van der Waals surface area contributed by atoms with Crippen molar-refractivity contribution in [2.24, 2.45) is 0 Å². The Morgan fingerprint density at radius 2 is 2.00 bits per heavy atom. The molecule has 31 heavy (non-hydrogen) atoms. The fourth-order valence-electron chi connectivity index (χ4n) is 3.62. The molecule has 0 radical (unpaired) electrons. The van der Waals surface area contributed by atoms with E-state index in [4.69, 9.17) is 16.3 Å². The van der Waals surface area contributed by atoms with Crippen molar-refractivity contribution < 1.29 is 4.74 Å². The quantitative estimate of drug-likeness (QED) is 0.276. The van der Waals surface area contributed by atoms with Crippen LogP contribution >= 0.6 is 23.4 Å². The Labute approximate surface area is 186 Å². The predicted molar refractivity (Wildman–Crippen MR) is 121 cm³/mol. The minimum absolute atomic E-state index is 0.0691. The van der Waals surface area contributed by atoms with Gasteiger partial charge in [-0.3, -0.25) is 13.8 Å². The molecule has 0 spiro atoms. The van der Waals surface area contributed by atoms with Gasteiger partial charge < -0.3 is 9.14 Å². The molecule has 0 fully saturated rings. The molecular weight excluding hydrogens is 436 g/mol. The monoisotopic (exact) mass is 454 g/mol. The number of imidazole rings is 1. The molecule has 0 unspecified atom stereocenters. The van der Waals surface area contributed by atoms with Gasteiger partial charge in [0.25, 0.3) is 5.56 Å². The van der Waals surface area contributed by atoms with E-state index in [-0.39, 0.29) is 5.56 Å². The van der Waals surface area contributed by atoms with Gasteiger partial charge >= 0.3 is 0 Å². The summed E-state index contributed by atoms with van der Waals surface area (Å²) >= 11 is 7.60. The number of nitrogens with zero attached hydrogens (tertiary/aromatic N) is 6. The van der Waals surface area contributed by atoms with E-state index < -0.39 is 0 Å². The summed E-state index contributed by atoms with van der Waals surface area (Å²) in [6.45, 7) is 1.08. The first-order valence-corrected chi connectivity index (χ1v) is 11.1. The van der Waals surface area contributed by atoms with Crippen LogP contribution in [0.1, 0.15) is 12.1 Å². The third-order valence-electron chi connectivity index (χ3n) is 5.02. The number of thioether (sulfide) groups is 1. The average molecular weight is 455 g/mol. The lowest BCUT2D eigenvalue weighted by molar-refractivity contribution is 0.190. The second kappa shape index (κ2) is 8.33. The van der Waals surface area contributed by atoms with Gasteiger partial charge in [0.2, 0.25) is 5.78 Å². The van der Waals surface area contributed by atoms with Gasteiger partial charge in [-0.25, -0.2) is 4.98 Å². The summed E-state index contributed by atoms with van der Waals surface area (Å²) in [5.41, 5.74) is 2.46. The number of rotatable bonds is 7. The molecular formula is C21H19ClN6O2S. The first-order chi connectivity index (χ1) is 15.2. The number of para-hydroxylation sites is 1. The first kappa shape index (κ1) is 20.0. The van der Waals surface area contributed by atoms with Crippen LogP contribution < -0.4 is 5.56 Å². The summed E-state index contributed by atoms with van der Waals surface area (Å²) < 4.78 is 10.7. The van der Waals surface area contributed by atoms with E-state index in [2.05, 4.69) is 15.2 Å². The van der Waals surface area contributed by atoms with Crippen molar-refractivity contribution >= 4 is 45.7 Å². The highest BCUT2D eigenvalue weighted by Gasteiger charge is 2.17. The molecule has 4 aromatic heterocycles. The zero-order chi connectivity index (χ0) is 21.4. The molecule has 5 rings (SSSR count). The highest BCUT2D eigenvalue weighted by molar-refractivity contribution is 7.98. The molecule has 0 atom stereocenters. The molecule has 0 N–H and O–H groups in total. The number of aromatic nitrogens is 6. The number of methoxy groups -OCH3 is 1. The van der Waals surface area contributed by atoms with Gasteiger partial charge in [0.05, 0.1) is 21.6 Å². The van der Waals surface area contributed by atoms with Crippen LogP contribution in [-0.2, 0) is 17.0 Å². The van der Waals surface area contributed by atoms with Gasteiger partial charge in [-0.15, -0.1) is 10.2 Å². The molecule has 158 valence electrons. The average Bonchev–Trinajstić information content (AvgIpc) is 3.38. The van der Waals surface area contributed by atoms with Gasteiger partial charge in [0.1, 0.15) is 5.65 Å². The van der Waals surface area contributed by atoms with Crippen molar-refractivity contribution in [2.75, 3.05) is 13.7 Å². The number of hydrogen-bond acceptors (Lipinski definition) is 6. The largest absolute Gasteiger partial charge is 0.385 e. The highest BCUT2D eigenvalue weighted by atomic mass is 35.5. The molecule has 0 bridgehead atoms. The van der Waals surface area contributed by atoms with Crippen LogP contribution in [0.2, 0.25) is 5.02 Å². The fourth-order valence-corrected chi connectivity index (χ4v) is 4.61. The predicted octanol–water partition coefficient (Wildman–Crippen LogP) is 3.67. The summed E-state index contributed by atoms with van der Waals surface area (Å²) in [4.78, 5) is 17.7. The van der Waals surface area contributed by atoms with Gasteiger partial charge in [-0.05, 0) is 30.7 Å². The molecule has 4 heterocycles. The number of pyridine rings is 1. The minimum atomic E-state index is -0.0691. The Balaban J connectivity index is 1.54. The summed E-state index contributed by atoms with van der Waals surface area (Å²) in [5, 5.41) is 10.7. The molecule has 0 saturated carbocycles. The first-order valence-electron chi connectivity index (χ1n) is 9.77. The molecule has 1 aromatic carbocycles. The highest BCUT2D eigenvalue weighted by Crippen LogP contribution is 2.25. The molecule has 0 saturated heterocycles. The second-order valence-electron chi connectivity index (χ2n) is 7.07. The lowest BCUT2D eigenvalue weighted by atomic mass is 10.2. The van der Waals surface area contributed by atoms with E-state index in [0.29, 0.717) is 46.7 Å². The van der Waals surface area contributed by atoms with Crippen LogP contribution in [0, 0.1) is 0 Å². The van der Waals surface area contributed by atoms with Gasteiger partial charge in [0, 0.05) is 38.4 Å². The summed E-state index contributed by atoms with van der Waals surface area (Å²) in [6.07, 6.45) is 4.50. The standard InChI is InChI=1S/C21H19ClN6O2S/c1-30-10-4-9-27-19(29)16-5-2-3-6-17(16)28-20(27)24-25-21(28)31-13-15-12-26-11-14(22)7-8-18(26)23-15/h2-3,5-8,11-12H,4,9-10,13H2,1H3.